The highest BCUT2D eigenvalue weighted by Gasteiger charge is 2.35. The van der Waals surface area contributed by atoms with Gasteiger partial charge in [0.25, 0.3) is 0 Å². The minimum Gasteiger partial charge on any atom is -0.480 e. The number of amides is 2. The smallest absolute Gasteiger partial charge is 0.410 e. The minimum absolute atomic E-state index is 0.192. The summed E-state index contributed by atoms with van der Waals surface area (Å²) in [5, 5.41) is 13.0. The number of hydrogen-bond acceptors (Lipinski definition) is 7. The van der Waals surface area contributed by atoms with Crippen LogP contribution in [0.5, 0.6) is 0 Å². The van der Waals surface area contributed by atoms with Crippen molar-refractivity contribution in [3.05, 3.63) is 71.3 Å². The van der Waals surface area contributed by atoms with Gasteiger partial charge in [-0.05, 0) is 82.4 Å². The van der Waals surface area contributed by atoms with E-state index in [9.17, 15) is 24.3 Å². The van der Waals surface area contributed by atoms with E-state index in [-0.39, 0.29) is 31.2 Å². The van der Waals surface area contributed by atoms with Gasteiger partial charge in [-0.1, -0.05) is 73.9 Å². The average Bonchev–Trinajstić information content (AvgIpc) is 3.47. The molecule has 0 aromatic heterocycles. The van der Waals surface area contributed by atoms with Crippen molar-refractivity contribution in [3.8, 4) is 0 Å². The Balaban J connectivity index is 1.23. The van der Waals surface area contributed by atoms with Gasteiger partial charge in [-0.3, -0.25) is 19.7 Å². The molecule has 2 atom stereocenters. The summed E-state index contributed by atoms with van der Waals surface area (Å²) in [5.74, 6) is -1.33. The molecule has 1 fully saturated rings. The van der Waals surface area contributed by atoms with Crippen LogP contribution in [-0.4, -0.2) is 82.2 Å². The third-order valence-electron chi connectivity index (χ3n) is 9.03. The maximum Gasteiger partial charge on any atom is 0.410 e. The Hall–Kier alpha value is -3.92. The molecule has 10 nitrogen and oxygen atoms in total. The third kappa shape index (κ3) is 11.1. The molecule has 47 heavy (non-hydrogen) atoms. The number of ether oxygens (including phenoxy) is 2. The summed E-state index contributed by atoms with van der Waals surface area (Å²) in [6.45, 7) is 8.42. The van der Waals surface area contributed by atoms with Crippen molar-refractivity contribution in [2.75, 3.05) is 19.6 Å². The molecule has 2 amide bonds. The first-order valence-corrected chi connectivity index (χ1v) is 16.9. The van der Waals surface area contributed by atoms with Gasteiger partial charge in [0.15, 0.2) is 0 Å². The number of hydrogen-bond donors (Lipinski definition) is 2. The molecular weight excluding hydrogens is 598 g/mol. The van der Waals surface area contributed by atoms with Crippen LogP contribution in [0.4, 0.5) is 4.79 Å². The van der Waals surface area contributed by atoms with Crippen LogP contribution >= 0.6 is 0 Å². The third-order valence-corrected chi connectivity index (χ3v) is 9.03. The molecular formula is C37H51N3O7. The van der Waals surface area contributed by atoms with E-state index in [0.29, 0.717) is 44.7 Å². The number of nitrogens with zero attached hydrogens (tertiary/aromatic N) is 2. The Morgan fingerprint density at radius 3 is 2.17 bits per heavy atom. The zero-order valence-corrected chi connectivity index (χ0v) is 28.3. The van der Waals surface area contributed by atoms with Crippen LogP contribution < -0.4 is 5.32 Å². The predicted octanol–water partition coefficient (Wildman–Crippen LogP) is 5.36. The van der Waals surface area contributed by atoms with Gasteiger partial charge in [0, 0.05) is 19.1 Å². The molecule has 0 radical (unpaired) electrons. The van der Waals surface area contributed by atoms with Gasteiger partial charge in [-0.25, -0.2) is 4.79 Å². The highest BCUT2D eigenvalue weighted by Crippen LogP contribution is 2.27. The molecule has 1 heterocycles. The average molecular weight is 650 g/mol. The van der Waals surface area contributed by atoms with Crippen LogP contribution in [0.2, 0.25) is 0 Å². The highest BCUT2D eigenvalue weighted by molar-refractivity contribution is 5.87. The van der Waals surface area contributed by atoms with Crippen molar-refractivity contribution >= 4 is 23.9 Å². The van der Waals surface area contributed by atoms with Gasteiger partial charge in [-0.15, -0.1) is 0 Å². The number of unbranched alkanes of at least 4 members (excludes halogenated alkanes) is 1. The fourth-order valence-corrected chi connectivity index (χ4v) is 6.55. The molecule has 1 aliphatic heterocycles. The quantitative estimate of drug-likeness (QED) is 0.207. The number of likely N-dealkylation sites (tertiary alicyclic amines) is 1. The van der Waals surface area contributed by atoms with E-state index in [1.807, 2.05) is 54.6 Å². The van der Waals surface area contributed by atoms with Crippen molar-refractivity contribution in [2.24, 2.45) is 5.92 Å². The molecule has 1 unspecified atom stereocenters. The summed E-state index contributed by atoms with van der Waals surface area (Å²) < 4.78 is 11.0. The molecule has 4 rings (SSSR count). The normalized spacial score (nSPS) is 16.6. The topological polar surface area (TPSA) is 125 Å². The molecule has 10 heteroatoms. The van der Waals surface area contributed by atoms with Gasteiger partial charge in [0.2, 0.25) is 5.91 Å². The molecule has 2 aromatic rings. The monoisotopic (exact) mass is 649 g/mol. The number of nitrogens with one attached hydrogen (secondary N) is 1. The second-order valence-electron chi connectivity index (χ2n) is 13.9. The first-order chi connectivity index (χ1) is 22.4. The predicted molar refractivity (Wildman–Crippen MR) is 179 cm³/mol. The number of esters is 1. The van der Waals surface area contributed by atoms with Crippen LogP contribution in [0.25, 0.3) is 0 Å². The Labute approximate surface area is 278 Å². The number of carboxylic acid groups (broad SMARTS) is 1. The lowest BCUT2D eigenvalue weighted by atomic mass is 9.91. The zero-order chi connectivity index (χ0) is 34.0. The molecule has 1 aliphatic carbocycles. The second-order valence-corrected chi connectivity index (χ2v) is 13.9. The molecule has 2 N–H and O–H groups in total. The molecule has 256 valence electrons. The summed E-state index contributed by atoms with van der Waals surface area (Å²) in [5.41, 5.74) is 2.57. The lowest BCUT2D eigenvalue weighted by Crippen LogP contribution is -2.55. The van der Waals surface area contributed by atoms with Gasteiger partial charge >= 0.3 is 18.0 Å². The number of benzene rings is 2. The first kappa shape index (κ1) is 35.9. The summed E-state index contributed by atoms with van der Waals surface area (Å²) in [4.78, 5) is 54.6. The van der Waals surface area contributed by atoms with Crippen molar-refractivity contribution in [2.45, 2.75) is 109 Å². The molecule has 2 aliphatic rings. The minimum atomic E-state index is -1.00. The van der Waals surface area contributed by atoms with Gasteiger partial charge < -0.3 is 24.4 Å². The molecule has 2 aromatic carbocycles. The van der Waals surface area contributed by atoms with Crippen molar-refractivity contribution < 1.29 is 33.8 Å². The Morgan fingerprint density at radius 2 is 1.57 bits per heavy atom. The fourth-order valence-electron chi connectivity index (χ4n) is 6.55. The number of fused-ring (bicyclic) bond motifs is 1. The van der Waals surface area contributed by atoms with Crippen molar-refractivity contribution in [1.29, 1.82) is 0 Å². The Kier molecular flexibility index (Phi) is 12.8. The second kappa shape index (κ2) is 16.8. The number of carbonyl (C=O) groups is 4. The summed E-state index contributed by atoms with van der Waals surface area (Å²) in [7, 11) is 0. The molecule has 0 saturated carbocycles. The number of aliphatic carboxylic acids is 1. The van der Waals surface area contributed by atoms with E-state index in [2.05, 4.69) is 5.32 Å². The number of carboxylic acids is 1. The Bertz CT molecular complexity index is 1330. The maximum absolute atomic E-state index is 13.8. The van der Waals surface area contributed by atoms with Crippen molar-refractivity contribution in [3.63, 3.8) is 0 Å². The highest BCUT2D eigenvalue weighted by atomic mass is 16.6. The maximum atomic E-state index is 13.8. The van der Waals surface area contributed by atoms with Crippen molar-refractivity contribution in [1.82, 2.24) is 15.1 Å². The van der Waals surface area contributed by atoms with Gasteiger partial charge in [0.05, 0.1) is 6.04 Å². The van der Waals surface area contributed by atoms with Crippen LogP contribution in [-0.2, 0) is 43.3 Å². The number of rotatable bonds is 14. The van der Waals surface area contributed by atoms with E-state index < -0.39 is 29.6 Å². The van der Waals surface area contributed by atoms with E-state index in [1.165, 1.54) is 0 Å². The summed E-state index contributed by atoms with van der Waals surface area (Å²) in [6, 6.07) is 15.7. The van der Waals surface area contributed by atoms with Gasteiger partial charge in [0.1, 0.15) is 24.8 Å². The van der Waals surface area contributed by atoms with E-state index in [4.69, 9.17) is 9.47 Å². The SMILES string of the molecule is C[C@H](NC(CCCCC1CCN(C(=O)OCc2ccccc2)CC1)C(=O)O)C(=O)N(CC(=O)OC(C)(C)C)C1Cc2ccccc2C1. The van der Waals surface area contributed by atoms with E-state index in [1.54, 1.807) is 37.5 Å². The summed E-state index contributed by atoms with van der Waals surface area (Å²) >= 11 is 0. The van der Waals surface area contributed by atoms with Crippen LogP contribution in [0.3, 0.4) is 0 Å². The molecule has 1 saturated heterocycles. The number of carbonyl (C=O) groups excluding carboxylic acids is 3. The van der Waals surface area contributed by atoms with Crippen LogP contribution in [0.15, 0.2) is 54.6 Å². The van der Waals surface area contributed by atoms with Crippen LogP contribution in [0, 0.1) is 5.92 Å². The lowest BCUT2D eigenvalue weighted by Gasteiger charge is -2.33. The molecule has 0 bridgehead atoms. The van der Waals surface area contributed by atoms with E-state index in [0.717, 1.165) is 42.4 Å². The fraction of sp³-hybridized carbons (Fsp3) is 0.568. The van der Waals surface area contributed by atoms with Crippen LogP contribution in [0.1, 0.15) is 82.9 Å². The standard InChI is InChI=1S/C37H51N3O7/c1-26(34(42)40(24-33(41)47-37(2,3)4)31-22-29-15-9-10-16-30(29)23-31)38-32(35(43)44)17-11-8-12-27-18-20-39(21-19-27)36(45)46-25-28-13-6-5-7-14-28/h5-7,9-10,13-16,26-27,31-32,38H,8,11-12,17-25H2,1-4H3,(H,43,44)/t26-,32?/m0/s1. The lowest BCUT2D eigenvalue weighted by molar-refractivity contribution is -0.160. The summed E-state index contributed by atoms with van der Waals surface area (Å²) in [6.07, 6.45) is 5.68. The Morgan fingerprint density at radius 1 is 0.957 bits per heavy atom. The van der Waals surface area contributed by atoms with E-state index >= 15 is 0 Å². The largest absolute Gasteiger partial charge is 0.480 e. The number of piperidine rings is 1. The molecule has 0 spiro atoms. The van der Waals surface area contributed by atoms with Gasteiger partial charge in [-0.2, -0.15) is 0 Å². The zero-order valence-electron chi connectivity index (χ0n) is 28.3. The first-order valence-electron chi connectivity index (χ1n) is 16.9.